The minimum absolute atomic E-state index is 0.0133. The lowest BCUT2D eigenvalue weighted by Gasteiger charge is -2.13. The Bertz CT molecular complexity index is 356. The lowest BCUT2D eigenvalue weighted by atomic mass is 10.4. The molecule has 0 aliphatic rings. The quantitative estimate of drug-likeness (QED) is 0.828. The van der Waals surface area contributed by atoms with E-state index in [-0.39, 0.29) is 17.8 Å². The van der Waals surface area contributed by atoms with Crippen molar-refractivity contribution in [3.05, 3.63) is 11.9 Å². The first kappa shape index (κ1) is 11.6. The van der Waals surface area contributed by atoms with Gasteiger partial charge in [0.1, 0.15) is 0 Å². The largest absolute Gasteiger partial charge is 0.476 e. The molecule has 0 atom stereocenters. The number of ether oxygens (including phenoxy) is 1. The average molecular weight is 212 g/mol. The molecule has 0 bridgehead atoms. The maximum atomic E-state index is 10.7. The van der Waals surface area contributed by atoms with Crippen LogP contribution in [0.4, 0.5) is 0 Å². The first-order chi connectivity index (χ1) is 6.91. The van der Waals surface area contributed by atoms with E-state index in [0.717, 1.165) is 0 Å². The topological polar surface area (TPSA) is 64.3 Å². The Morgan fingerprint density at radius 3 is 2.47 bits per heavy atom. The van der Waals surface area contributed by atoms with Crippen LogP contribution >= 0.6 is 0 Å². The molecule has 5 nitrogen and oxygen atoms in total. The summed E-state index contributed by atoms with van der Waals surface area (Å²) in [4.78, 5) is 14.7. The van der Waals surface area contributed by atoms with E-state index in [1.165, 1.54) is 6.20 Å². The molecule has 84 valence electrons. The maximum Gasteiger partial charge on any atom is 0.356 e. The number of hydrogen-bond donors (Lipinski definition) is 1. The Hall–Kier alpha value is -1.52. The second kappa shape index (κ2) is 4.33. The number of carbonyl (C=O) groups is 1. The molecular weight excluding hydrogens is 196 g/mol. The molecule has 0 unspecified atom stereocenters. The van der Waals surface area contributed by atoms with E-state index in [4.69, 9.17) is 9.84 Å². The van der Waals surface area contributed by atoms with Crippen LogP contribution in [0.3, 0.4) is 0 Å². The summed E-state index contributed by atoms with van der Waals surface area (Å²) in [6.45, 7) is 7.64. The third-order valence-electron chi connectivity index (χ3n) is 1.81. The van der Waals surface area contributed by atoms with Gasteiger partial charge in [-0.3, -0.25) is 4.57 Å². The van der Waals surface area contributed by atoms with Crippen molar-refractivity contribution < 1.29 is 14.6 Å². The highest BCUT2D eigenvalue weighted by Crippen LogP contribution is 2.18. The molecule has 0 aromatic carbocycles. The molecule has 0 saturated heterocycles. The van der Waals surface area contributed by atoms with Gasteiger partial charge in [-0.25, -0.2) is 4.79 Å². The fourth-order valence-electron chi connectivity index (χ4n) is 1.15. The molecule has 0 aliphatic carbocycles. The first-order valence-corrected chi connectivity index (χ1v) is 4.90. The highest BCUT2D eigenvalue weighted by molar-refractivity contribution is 5.85. The molecule has 1 heterocycles. The van der Waals surface area contributed by atoms with Gasteiger partial charge in [-0.1, -0.05) is 0 Å². The van der Waals surface area contributed by atoms with Gasteiger partial charge in [-0.05, 0) is 27.7 Å². The van der Waals surface area contributed by atoms with Crippen LogP contribution < -0.4 is 4.74 Å². The second-order valence-electron chi connectivity index (χ2n) is 3.88. The van der Waals surface area contributed by atoms with Gasteiger partial charge in [0.05, 0.1) is 6.10 Å². The van der Waals surface area contributed by atoms with E-state index >= 15 is 0 Å². The van der Waals surface area contributed by atoms with Crippen molar-refractivity contribution in [2.45, 2.75) is 39.8 Å². The number of nitrogens with zero attached hydrogens (tertiary/aromatic N) is 2. The number of aromatic carboxylic acids is 1. The zero-order chi connectivity index (χ0) is 11.6. The summed E-state index contributed by atoms with van der Waals surface area (Å²) in [6.07, 6.45) is 1.47. The zero-order valence-electron chi connectivity index (χ0n) is 9.39. The number of carboxylic acids is 1. The van der Waals surface area contributed by atoms with Crippen molar-refractivity contribution >= 4 is 5.97 Å². The van der Waals surface area contributed by atoms with Crippen LogP contribution in [0.5, 0.6) is 6.01 Å². The van der Waals surface area contributed by atoms with Crippen molar-refractivity contribution in [3.8, 4) is 6.01 Å². The second-order valence-corrected chi connectivity index (χ2v) is 3.88. The van der Waals surface area contributed by atoms with E-state index in [0.29, 0.717) is 6.01 Å². The molecule has 0 aliphatic heterocycles. The van der Waals surface area contributed by atoms with Crippen LogP contribution in [0, 0.1) is 0 Å². The van der Waals surface area contributed by atoms with Gasteiger partial charge in [-0.2, -0.15) is 4.98 Å². The average Bonchev–Trinajstić information content (AvgIpc) is 2.46. The molecule has 1 N–H and O–H groups in total. The Morgan fingerprint density at radius 2 is 2.07 bits per heavy atom. The molecular formula is C10H16N2O3. The summed E-state index contributed by atoms with van der Waals surface area (Å²) in [6, 6.07) is 0.483. The van der Waals surface area contributed by atoms with Crippen molar-refractivity contribution in [1.82, 2.24) is 9.55 Å². The summed E-state index contributed by atoms with van der Waals surface area (Å²) in [5.74, 6) is -1.04. The van der Waals surface area contributed by atoms with Gasteiger partial charge in [0, 0.05) is 12.2 Å². The third-order valence-corrected chi connectivity index (χ3v) is 1.81. The maximum absolute atomic E-state index is 10.7. The molecule has 0 amide bonds. The Kier molecular flexibility index (Phi) is 3.34. The van der Waals surface area contributed by atoms with Gasteiger partial charge in [0.25, 0.3) is 6.01 Å². The van der Waals surface area contributed by atoms with E-state index in [1.54, 1.807) is 4.57 Å². The molecule has 1 aromatic heterocycles. The van der Waals surface area contributed by atoms with Gasteiger partial charge in [0.2, 0.25) is 0 Å². The predicted molar refractivity (Wildman–Crippen MR) is 55.3 cm³/mol. The van der Waals surface area contributed by atoms with Crippen LogP contribution in [0.2, 0.25) is 0 Å². The van der Waals surface area contributed by atoms with Gasteiger partial charge >= 0.3 is 5.97 Å². The van der Waals surface area contributed by atoms with Gasteiger partial charge < -0.3 is 9.84 Å². The minimum atomic E-state index is -1.04. The molecule has 15 heavy (non-hydrogen) atoms. The third kappa shape index (κ3) is 2.71. The van der Waals surface area contributed by atoms with E-state index in [2.05, 4.69) is 4.98 Å². The number of aromatic nitrogens is 2. The molecule has 0 saturated carbocycles. The summed E-state index contributed by atoms with van der Waals surface area (Å²) in [5, 5.41) is 8.81. The number of hydrogen-bond acceptors (Lipinski definition) is 3. The Labute approximate surface area is 88.7 Å². The van der Waals surface area contributed by atoms with Crippen LogP contribution in [0.1, 0.15) is 44.2 Å². The molecule has 1 aromatic rings. The number of carboxylic acid groups (broad SMARTS) is 1. The zero-order valence-corrected chi connectivity index (χ0v) is 9.39. The lowest BCUT2D eigenvalue weighted by molar-refractivity contribution is 0.0690. The normalized spacial score (nSPS) is 11.1. The SMILES string of the molecule is CC(C)Oc1nc(C(=O)O)cn1C(C)C. The van der Waals surface area contributed by atoms with Crippen molar-refractivity contribution in [1.29, 1.82) is 0 Å². The molecule has 5 heteroatoms. The monoisotopic (exact) mass is 212 g/mol. The van der Waals surface area contributed by atoms with Crippen LogP contribution in [-0.4, -0.2) is 26.7 Å². The minimum Gasteiger partial charge on any atom is -0.476 e. The molecule has 0 spiro atoms. The highest BCUT2D eigenvalue weighted by Gasteiger charge is 2.16. The van der Waals surface area contributed by atoms with Crippen molar-refractivity contribution in [3.63, 3.8) is 0 Å². The fraction of sp³-hybridized carbons (Fsp3) is 0.600. The highest BCUT2D eigenvalue weighted by atomic mass is 16.5. The van der Waals surface area contributed by atoms with E-state index in [1.807, 2.05) is 27.7 Å². The predicted octanol–water partition coefficient (Wildman–Crippen LogP) is 1.95. The fourth-order valence-corrected chi connectivity index (χ4v) is 1.15. The van der Waals surface area contributed by atoms with Gasteiger partial charge in [-0.15, -0.1) is 0 Å². The summed E-state index contributed by atoms with van der Waals surface area (Å²) in [7, 11) is 0. The molecule has 0 radical (unpaired) electrons. The van der Waals surface area contributed by atoms with Gasteiger partial charge in [0.15, 0.2) is 5.69 Å². The molecule has 1 rings (SSSR count). The summed E-state index contributed by atoms with van der Waals surface area (Å²) < 4.78 is 7.14. The van der Waals surface area contributed by atoms with Crippen molar-refractivity contribution in [2.75, 3.05) is 0 Å². The van der Waals surface area contributed by atoms with E-state index in [9.17, 15) is 4.79 Å². The standard InChI is InChI=1S/C10H16N2O3/c1-6(2)12-5-8(9(13)14)11-10(12)15-7(3)4/h5-7H,1-4H3,(H,13,14). The lowest BCUT2D eigenvalue weighted by Crippen LogP contribution is -2.11. The Balaban J connectivity index is 3.06. The van der Waals surface area contributed by atoms with E-state index < -0.39 is 5.97 Å². The van der Waals surface area contributed by atoms with Crippen LogP contribution in [-0.2, 0) is 0 Å². The smallest absolute Gasteiger partial charge is 0.356 e. The number of imidazole rings is 1. The first-order valence-electron chi connectivity index (χ1n) is 4.90. The van der Waals surface area contributed by atoms with Crippen LogP contribution in [0.25, 0.3) is 0 Å². The summed E-state index contributed by atoms with van der Waals surface area (Å²) >= 11 is 0. The Morgan fingerprint density at radius 1 is 1.47 bits per heavy atom. The number of rotatable bonds is 4. The van der Waals surface area contributed by atoms with Crippen molar-refractivity contribution in [2.24, 2.45) is 0 Å². The molecule has 0 fully saturated rings. The van der Waals surface area contributed by atoms with Crippen LogP contribution in [0.15, 0.2) is 6.20 Å². The summed E-state index contributed by atoms with van der Waals surface area (Å²) in [5.41, 5.74) is 0.0133.